The van der Waals surface area contributed by atoms with E-state index in [1.54, 1.807) is 0 Å². The molecule has 1 unspecified atom stereocenters. The van der Waals surface area contributed by atoms with Crippen LogP contribution >= 0.6 is 0 Å². The Morgan fingerprint density at radius 3 is 2.33 bits per heavy atom. The highest BCUT2D eigenvalue weighted by atomic mass is 19.2. The number of hydrogen-bond acceptors (Lipinski definition) is 2. The van der Waals surface area contributed by atoms with Crippen molar-refractivity contribution in [3.63, 3.8) is 0 Å². The van der Waals surface area contributed by atoms with Gasteiger partial charge in [0.25, 0.3) is 0 Å². The molecule has 1 aromatic carbocycles. The highest BCUT2D eigenvalue weighted by molar-refractivity contribution is 5.22. The van der Waals surface area contributed by atoms with E-state index in [9.17, 15) is 13.9 Å². The van der Waals surface area contributed by atoms with E-state index in [0.29, 0.717) is 23.9 Å². The molecule has 1 saturated carbocycles. The normalized spacial score (nSPS) is 27.9. The molecule has 21 heavy (non-hydrogen) atoms. The summed E-state index contributed by atoms with van der Waals surface area (Å²) in [6.07, 6.45) is 2.86. The zero-order valence-corrected chi connectivity index (χ0v) is 12.8. The van der Waals surface area contributed by atoms with E-state index >= 15 is 0 Å². The largest absolute Gasteiger partial charge is 0.388 e. The van der Waals surface area contributed by atoms with Gasteiger partial charge in [-0.1, -0.05) is 19.9 Å². The molecule has 2 rings (SSSR count). The SMILES string of the molecule is CC(C)C1CCC(CN)(C(O)c2ccc(F)c(F)c2)CC1. The van der Waals surface area contributed by atoms with Crippen LogP contribution in [0.25, 0.3) is 0 Å². The van der Waals surface area contributed by atoms with Crippen LogP contribution in [0.5, 0.6) is 0 Å². The van der Waals surface area contributed by atoms with E-state index < -0.39 is 23.2 Å². The number of nitrogens with two attached hydrogens (primary N) is 1. The van der Waals surface area contributed by atoms with E-state index in [0.717, 1.165) is 37.8 Å². The van der Waals surface area contributed by atoms with Crippen LogP contribution in [0.1, 0.15) is 51.2 Å². The first-order valence-corrected chi connectivity index (χ1v) is 7.72. The van der Waals surface area contributed by atoms with Gasteiger partial charge in [-0.05, 0) is 55.2 Å². The highest BCUT2D eigenvalue weighted by Gasteiger charge is 2.41. The van der Waals surface area contributed by atoms with Crippen molar-refractivity contribution in [3.8, 4) is 0 Å². The van der Waals surface area contributed by atoms with Gasteiger partial charge in [-0.3, -0.25) is 0 Å². The lowest BCUT2D eigenvalue weighted by Crippen LogP contribution is -2.40. The van der Waals surface area contributed by atoms with Gasteiger partial charge in [-0.2, -0.15) is 0 Å². The molecule has 1 aliphatic carbocycles. The minimum atomic E-state index is -0.922. The molecule has 0 aromatic heterocycles. The van der Waals surface area contributed by atoms with Gasteiger partial charge >= 0.3 is 0 Å². The van der Waals surface area contributed by atoms with E-state index in [1.807, 2.05) is 0 Å². The molecule has 1 fully saturated rings. The molecule has 0 amide bonds. The third-order valence-corrected chi connectivity index (χ3v) is 5.21. The van der Waals surface area contributed by atoms with Crippen LogP contribution in [0.2, 0.25) is 0 Å². The van der Waals surface area contributed by atoms with Crippen LogP contribution in [0, 0.1) is 28.9 Å². The molecule has 1 aliphatic rings. The van der Waals surface area contributed by atoms with Crippen molar-refractivity contribution in [2.45, 2.75) is 45.6 Å². The number of halogens is 2. The van der Waals surface area contributed by atoms with Gasteiger partial charge < -0.3 is 10.8 Å². The van der Waals surface area contributed by atoms with Gasteiger partial charge in [0, 0.05) is 12.0 Å². The molecule has 0 aliphatic heterocycles. The lowest BCUT2D eigenvalue weighted by atomic mass is 9.64. The standard InChI is InChI=1S/C17H25F2NO/c1-11(2)12-5-7-17(10-20,8-6-12)16(21)13-3-4-14(18)15(19)9-13/h3-4,9,11-12,16,21H,5-8,10,20H2,1-2H3. The molecule has 0 radical (unpaired) electrons. The zero-order valence-electron chi connectivity index (χ0n) is 12.8. The number of aliphatic hydroxyl groups excluding tert-OH is 1. The predicted octanol–water partition coefficient (Wildman–Crippen LogP) is 3.79. The van der Waals surface area contributed by atoms with Crippen LogP contribution in [-0.2, 0) is 0 Å². The summed E-state index contributed by atoms with van der Waals surface area (Å²) in [7, 11) is 0. The summed E-state index contributed by atoms with van der Waals surface area (Å²) in [5.74, 6) is -0.533. The maximum atomic E-state index is 13.4. The molecule has 0 bridgehead atoms. The van der Waals surface area contributed by atoms with E-state index in [2.05, 4.69) is 13.8 Å². The second-order valence-electron chi connectivity index (χ2n) is 6.72. The topological polar surface area (TPSA) is 46.2 Å². The van der Waals surface area contributed by atoms with Crippen LogP contribution in [-0.4, -0.2) is 11.7 Å². The van der Waals surface area contributed by atoms with E-state index in [4.69, 9.17) is 5.73 Å². The number of rotatable bonds is 4. The van der Waals surface area contributed by atoms with Crippen molar-refractivity contribution in [2.24, 2.45) is 23.0 Å². The summed E-state index contributed by atoms with van der Waals surface area (Å²) in [6, 6.07) is 3.61. The average Bonchev–Trinajstić information content (AvgIpc) is 2.49. The minimum Gasteiger partial charge on any atom is -0.388 e. The third kappa shape index (κ3) is 3.27. The number of hydrogen-bond donors (Lipinski definition) is 2. The first kappa shape index (κ1) is 16.4. The quantitative estimate of drug-likeness (QED) is 0.888. The van der Waals surface area contributed by atoms with Crippen molar-refractivity contribution >= 4 is 0 Å². The zero-order chi connectivity index (χ0) is 15.6. The molecule has 1 atom stereocenters. The molecule has 3 N–H and O–H groups in total. The lowest BCUT2D eigenvalue weighted by molar-refractivity contribution is -0.0150. The Bertz CT molecular complexity index is 482. The van der Waals surface area contributed by atoms with Crippen molar-refractivity contribution in [3.05, 3.63) is 35.4 Å². The monoisotopic (exact) mass is 297 g/mol. The average molecular weight is 297 g/mol. The second-order valence-corrected chi connectivity index (χ2v) is 6.72. The van der Waals surface area contributed by atoms with Crippen molar-refractivity contribution < 1.29 is 13.9 Å². The Morgan fingerprint density at radius 2 is 1.86 bits per heavy atom. The predicted molar refractivity (Wildman–Crippen MR) is 79.6 cm³/mol. The summed E-state index contributed by atoms with van der Waals surface area (Å²) >= 11 is 0. The van der Waals surface area contributed by atoms with Gasteiger partial charge in [-0.25, -0.2) is 8.78 Å². The first-order chi connectivity index (χ1) is 9.89. The Morgan fingerprint density at radius 1 is 1.24 bits per heavy atom. The minimum absolute atomic E-state index is 0.359. The fourth-order valence-electron chi connectivity index (χ4n) is 3.51. The summed E-state index contributed by atoms with van der Waals surface area (Å²) < 4.78 is 26.4. The van der Waals surface area contributed by atoms with Gasteiger partial charge in [0.1, 0.15) is 0 Å². The van der Waals surface area contributed by atoms with Gasteiger partial charge in [0.15, 0.2) is 11.6 Å². The first-order valence-electron chi connectivity index (χ1n) is 7.72. The van der Waals surface area contributed by atoms with Crippen LogP contribution in [0.3, 0.4) is 0 Å². The Kier molecular flexibility index (Phi) is 4.99. The molecule has 0 spiro atoms. The second kappa shape index (κ2) is 6.41. The van der Waals surface area contributed by atoms with Gasteiger partial charge in [0.2, 0.25) is 0 Å². The maximum absolute atomic E-state index is 13.4. The van der Waals surface area contributed by atoms with Crippen LogP contribution in [0.4, 0.5) is 8.78 Å². The Labute approximate surface area is 125 Å². The maximum Gasteiger partial charge on any atom is 0.159 e. The van der Waals surface area contributed by atoms with E-state index in [1.165, 1.54) is 6.07 Å². The lowest BCUT2D eigenvalue weighted by Gasteiger charge is -2.44. The highest BCUT2D eigenvalue weighted by Crippen LogP contribution is 2.48. The fourth-order valence-corrected chi connectivity index (χ4v) is 3.51. The molecule has 0 heterocycles. The van der Waals surface area contributed by atoms with E-state index in [-0.39, 0.29) is 0 Å². The summed E-state index contributed by atoms with van der Waals surface area (Å²) in [4.78, 5) is 0. The fraction of sp³-hybridized carbons (Fsp3) is 0.647. The van der Waals surface area contributed by atoms with Crippen LogP contribution in [0.15, 0.2) is 18.2 Å². The summed E-state index contributed by atoms with van der Waals surface area (Å²) in [5.41, 5.74) is 5.94. The van der Waals surface area contributed by atoms with Gasteiger partial charge in [0.05, 0.1) is 6.10 Å². The van der Waals surface area contributed by atoms with Crippen LogP contribution < -0.4 is 5.73 Å². The molecular formula is C17H25F2NO. The number of aliphatic hydroxyl groups is 1. The smallest absolute Gasteiger partial charge is 0.159 e. The van der Waals surface area contributed by atoms with Crippen molar-refractivity contribution in [1.82, 2.24) is 0 Å². The summed E-state index contributed by atoms with van der Waals surface area (Å²) in [5, 5.41) is 10.7. The summed E-state index contributed by atoms with van der Waals surface area (Å²) in [6.45, 7) is 4.79. The molecule has 118 valence electrons. The molecular weight excluding hydrogens is 272 g/mol. The molecule has 4 heteroatoms. The van der Waals surface area contributed by atoms with Gasteiger partial charge in [-0.15, -0.1) is 0 Å². The Balaban J connectivity index is 2.18. The molecule has 2 nitrogen and oxygen atoms in total. The molecule has 1 aromatic rings. The van der Waals surface area contributed by atoms with Crippen molar-refractivity contribution in [1.29, 1.82) is 0 Å². The number of benzene rings is 1. The third-order valence-electron chi connectivity index (χ3n) is 5.21. The Hall–Kier alpha value is -1.00. The molecule has 0 saturated heterocycles. The van der Waals surface area contributed by atoms with Crippen molar-refractivity contribution in [2.75, 3.05) is 6.54 Å².